The van der Waals surface area contributed by atoms with Crippen LogP contribution >= 0.6 is 0 Å². The summed E-state index contributed by atoms with van der Waals surface area (Å²) in [5.74, 6) is -0.330. The van der Waals surface area contributed by atoms with Crippen LogP contribution in [0, 0.1) is 0 Å². The highest BCUT2D eigenvalue weighted by atomic mass is 16.5. The van der Waals surface area contributed by atoms with Gasteiger partial charge in [-0.05, 0) is 18.9 Å². The van der Waals surface area contributed by atoms with E-state index in [4.69, 9.17) is 4.74 Å². The first-order valence-corrected chi connectivity index (χ1v) is 5.56. The normalized spacial score (nSPS) is 18.3. The summed E-state index contributed by atoms with van der Waals surface area (Å²) in [4.78, 5) is 11.4. The van der Waals surface area contributed by atoms with Crippen molar-refractivity contribution in [2.45, 2.75) is 31.1 Å². The molecule has 1 aliphatic rings. The van der Waals surface area contributed by atoms with Crippen molar-refractivity contribution in [1.82, 2.24) is 0 Å². The summed E-state index contributed by atoms with van der Waals surface area (Å²) < 4.78 is 5.24. The summed E-state index contributed by atoms with van der Waals surface area (Å²) >= 11 is 0. The number of carboxylic acid groups (broad SMARTS) is 1. The van der Waals surface area contributed by atoms with E-state index in [9.17, 15) is 9.90 Å². The zero-order valence-corrected chi connectivity index (χ0v) is 9.36. The quantitative estimate of drug-likeness (QED) is 0.769. The van der Waals surface area contributed by atoms with Crippen molar-refractivity contribution < 1.29 is 14.6 Å². The van der Waals surface area contributed by atoms with Gasteiger partial charge in [0, 0.05) is 11.0 Å². The second-order valence-electron chi connectivity index (χ2n) is 4.28. The Morgan fingerprint density at radius 1 is 1.31 bits per heavy atom. The molecule has 0 amide bonds. The number of rotatable bonds is 3. The first-order chi connectivity index (χ1) is 7.70. The minimum absolute atomic E-state index is 0.647. The van der Waals surface area contributed by atoms with Gasteiger partial charge in [-0.2, -0.15) is 0 Å². The highest BCUT2D eigenvalue weighted by Gasteiger charge is 2.39. The monoisotopic (exact) mass is 219 g/mol. The van der Waals surface area contributed by atoms with E-state index in [0.29, 0.717) is 18.6 Å². The molecule has 16 heavy (non-hydrogen) atoms. The topological polar surface area (TPSA) is 49.4 Å². The van der Waals surface area contributed by atoms with E-state index in [-0.39, 0.29) is 0 Å². The maximum atomic E-state index is 11.4. The number of benzene rings is 1. The average Bonchev–Trinajstić information content (AvgIpc) is 2.79. The van der Waals surface area contributed by atoms with E-state index in [0.717, 1.165) is 18.4 Å². The smallest absolute Gasteiger partial charge is 0.123 e. The fourth-order valence-corrected chi connectivity index (χ4v) is 2.60. The minimum Gasteiger partial charge on any atom is -0.549 e. The third-order valence-electron chi connectivity index (χ3n) is 3.47. The predicted molar refractivity (Wildman–Crippen MR) is 58.1 cm³/mol. The Kier molecular flexibility index (Phi) is 2.86. The van der Waals surface area contributed by atoms with E-state index < -0.39 is 11.4 Å². The lowest BCUT2D eigenvalue weighted by Crippen LogP contribution is -2.44. The second-order valence-corrected chi connectivity index (χ2v) is 4.28. The molecule has 0 radical (unpaired) electrons. The summed E-state index contributed by atoms with van der Waals surface area (Å²) in [6.45, 7) is 0. The van der Waals surface area contributed by atoms with Crippen LogP contribution in [0.25, 0.3) is 0 Å². The van der Waals surface area contributed by atoms with Gasteiger partial charge < -0.3 is 14.6 Å². The molecule has 0 atom stereocenters. The average molecular weight is 219 g/mol. The molecule has 1 aliphatic carbocycles. The van der Waals surface area contributed by atoms with Crippen LogP contribution in [-0.2, 0) is 10.2 Å². The summed E-state index contributed by atoms with van der Waals surface area (Å²) in [6.07, 6.45) is 3.17. The van der Waals surface area contributed by atoms with Crippen molar-refractivity contribution in [1.29, 1.82) is 0 Å². The van der Waals surface area contributed by atoms with Crippen molar-refractivity contribution in [3.63, 3.8) is 0 Å². The van der Waals surface area contributed by atoms with Gasteiger partial charge in [0.25, 0.3) is 0 Å². The molecular weight excluding hydrogens is 204 g/mol. The maximum absolute atomic E-state index is 11.4. The lowest BCUT2D eigenvalue weighted by atomic mass is 9.78. The molecule has 0 saturated heterocycles. The molecule has 0 aliphatic heterocycles. The molecule has 0 aromatic heterocycles. The Hall–Kier alpha value is -1.51. The fourth-order valence-electron chi connectivity index (χ4n) is 2.60. The zero-order valence-electron chi connectivity index (χ0n) is 9.36. The molecule has 86 valence electrons. The van der Waals surface area contributed by atoms with E-state index >= 15 is 0 Å². The Morgan fingerprint density at radius 2 is 1.94 bits per heavy atom. The van der Waals surface area contributed by atoms with Gasteiger partial charge in [-0.25, -0.2) is 0 Å². The Labute approximate surface area is 95.0 Å². The molecule has 0 heterocycles. The summed E-state index contributed by atoms with van der Waals surface area (Å²) in [7, 11) is 1.57. The van der Waals surface area contributed by atoms with Crippen LogP contribution in [0.4, 0.5) is 0 Å². The van der Waals surface area contributed by atoms with Gasteiger partial charge in [-0.15, -0.1) is 0 Å². The van der Waals surface area contributed by atoms with Crippen molar-refractivity contribution in [2.24, 2.45) is 0 Å². The van der Waals surface area contributed by atoms with Crippen molar-refractivity contribution in [3.05, 3.63) is 29.8 Å². The molecule has 1 saturated carbocycles. The van der Waals surface area contributed by atoms with E-state index in [1.54, 1.807) is 13.2 Å². The van der Waals surface area contributed by atoms with Crippen LogP contribution in [0.3, 0.4) is 0 Å². The van der Waals surface area contributed by atoms with Crippen LogP contribution < -0.4 is 9.84 Å². The van der Waals surface area contributed by atoms with Crippen LogP contribution in [0.5, 0.6) is 5.75 Å². The molecule has 0 unspecified atom stereocenters. The largest absolute Gasteiger partial charge is 0.549 e. The molecule has 1 aromatic carbocycles. The molecule has 0 bridgehead atoms. The standard InChI is InChI=1S/C13H16O3/c1-16-11-7-3-2-6-10(11)13(12(14)15)8-4-5-9-13/h2-3,6-7H,4-5,8-9H2,1H3,(H,14,15)/p-1. The van der Waals surface area contributed by atoms with Gasteiger partial charge in [-0.3, -0.25) is 0 Å². The highest BCUT2D eigenvalue weighted by Crippen LogP contribution is 2.44. The van der Waals surface area contributed by atoms with Gasteiger partial charge in [0.15, 0.2) is 0 Å². The number of methoxy groups -OCH3 is 1. The number of ether oxygens (including phenoxy) is 1. The lowest BCUT2D eigenvalue weighted by Gasteiger charge is -2.31. The van der Waals surface area contributed by atoms with Gasteiger partial charge >= 0.3 is 0 Å². The molecule has 1 aromatic rings. The summed E-state index contributed by atoms with van der Waals surface area (Å²) in [6, 6.07) is 7.33. The third kappa shape index (κ3) is 1.56. The van der Waals surface area contributed by atoms with Crippen molar-refractivity contribution in [3.8, 4) is 5.75 Å². The van der Waals surface area contributed by atoms with E-state index in [2.05, 4.69) is 0 Å². The Balaban J connectivity index is 2.51. The highest BCUT2D eigenvalue weighted by molar-refractivity contribution is 5.81. The number of hydrogen-bond acceptors (Lipinski definition) is 3. The van der Waals surface area contributed by atoms with Crippen LogP contribution in [0.15, 0.2) is 24.3 Å². The fraction of sp³-hybridized carbons (Fsp3) is 0.462. The number of carbonyl (C=O) groups excluding carboxylic acids is 1. The Bertz CT molecular complexity index is 392. The maximum Gasteiger partial charge on any atom is 0.123 e. The van der Waals surface area contributed by atoms with Gasteiger partial charge in [0.05, 0.1) is 13.1 Å². The number of carboxylic acids is 1. The lowest BCUT2D eigenvalue weighted by molar-refractivity contribution is -0.313. The number of carbonyl (C=O) groups is 1. The van der Waals surface area contributed by atoms with Crippen molar-refractivity contribution >= 4 is 5.97 Å². The number of para-hydroxylation sites is 1. The molecule has 0 N–H and O–H groups in total. The number of aliphatic carboxylic acids is 1. The molecule has 2 rings (SSSR count). The van der Waals surface area contributed by atoms with Gasteiger partial charge in [0.2, 0.25) is 0 Å². The predicted octanol–water partition coefficient (Wildman–Crippen LogP) is 1.26. The number of hydrogen-bond donors (Lipinski definition) is 0. The van der Waals surface area contributed by atoms with Gasteiger partial charge in [0.1, 0.15) is 5.75 Å². The molecular formula is C13H15O3-. The molecule has 0 spiro atoms. The molecule has 1 fully saturated rings. The zero-order chi connectivity index (χ0) is 11.6. The first-order valence-electron chi connectivity index (χ1n) is 5.56. The minimum atomic E-state index is -0.977. The first kappa shape index (κ1) is 11.0. The van der Waals surface area contributed by atoms with E-state index in [1.165, 1.54) is 0 Å². The van der Waals surface area contributed by atoms with E-state index in [1.807, 2.05) is 18.2 Å². The molecule has 3 heteroatoms. The second kappa shape index (κ2) is 4.16. The van der Waals surface area contributed by atoms with Crippen LogP contribution in [0.1, 0.15) is 31.2 Å². The molecule has 3 nitrogen and oxygen atoms in total. The Morgan fingerprint density at radius 3 is 2.50 bits per heavy atom. The SMILES string of the molecule is COc1ccccc1C1(C(=O)[O-])CCCC1. The summed E-state index contributed by atoms with van der Waals surface area (Å²) in [5.41, 5.74) is -0.0814. The van der Waals surface area contributed by atoms with Crippen molar-refractivity contribution in [2.75, 3.05) is 7.11 Å². The summed E-state index contributed by atoms with van der Waals surface area (Å²) in [5, 5.41) is 11.4. The van der Waals surface area contributed by atoms with Crippen LogP contribution in [-0.4, -0.2) is 13.1 Å². The third-order valence-corrected chi connectivity index (χ3v) is 3.47. The van der Waals surface area contributed by atoms with Crippen LogP contribution in [0.2, 0.25) is 0 Å². The van der Waals surface area contributed by atoms with Gasteiger partial charge in [-0.1, -0.05) is 31.0 Å².